The molecule has 2 rings (SSSR count). The van der Waals surface area contributed by atoms with Gasteiger partial charge in [-0.25, -0.2) is 4.98 Å². The number of pyridine rings is 1. The molecule has 0 aliphatic carbocycles. The smallest absolute Gasteiger partial charge is 0.187 e. The van der Waals surface area contributed by atoms with Crippen molar-refractivity contribution in [3.8, 4) is 0 Å². The number of ether oxygens (including phenoxy) is 2. The zero-order valence-corrected chi connectivity index (χ0v) is 11.2. The van der Waals surface area contributed by atoms with Gasteiger partial charge < -0.3 is 29.9 Å². The molecule has 8 heteroatoms. The maximum atomic E-state index is 9.76. The summed E-state index contributed by atoms with van der Waals surface area (Å²) < 4.78 is 10.5. The Morgan fingerprint density at radius 1 is 1.20 bits per heavy atom. The summed E-state index contributed by atoms with van der Waals surface area (Å²) in [7, 11) is 0. The van der Waals surface area contributed by atoms with Gasteiger partial charge in [0, 0.05) is 6.20 Å². The maximum Gasteiger partial charge on any atom is 0.187 e. The lowest BCUT2D eigenvalue weighted by molar-refractivity contribution is -0.304. The molecule has 0 saturated carbocycles. The Hall–Kier alpha value is -0.800. The van der Waals surface area contributed by atoms with Crippen molar-refractivity contribution < 1.29 is 29.9 Å². The highest BCUT2D eigenvalue weighted by atomic mass is 35.5. The first-order chi connectivity index (χ1) is 9.52. The molecule has 0 spiro atoms. The molecule has 0 aromatic carbocycles. The number of aliphatic hydroxyl groups is 4. The lowest BCUT2D eigenvalue weighted by atomic mass is 9.99. The number of rotatable bonds is 4. The monoisotopic (exact) mass is 305 g/mol. The number of halogens is 1. The number of nitrogens with zero attached hydrogens (tertiary/aromatic N) is 1. The Morgan fingerprint density at radius 2 is 1.95 bits per heavy atom. The van der Waals surface area contributed by atoms with Gasteiger partial charge in [0.15, 0.2) is 6.29 Å². The van der Waals surface area contributed by atoms with Gasteiger partial charge in [0.2, 0.25) is 0 Å². The summed E-state index contributed by atoms with van der Waals surface area (Å²) in [6, 6.07) is 3.28. The lowest BCUT2D eigenvalue weighted by Gasteiger charge is -2.39. The van der Waals surface area contributed by atoms with E-state index in [4.69, 9.17) is 26.2 Å². The molecule has 7 nitrogen and oxygen atoms in total. The normalized spacial score (nSPS) is 34.1. The van der Waals surface area contributed by atoms with Crippen molar-refractivity contribution in [2.45, 2.75) is 37.3 Å². The van der Waals surface area contributed by atoms with Gasteiger partial charge in [-0.05, 0) is 11.6 Å². The minimum atomic E-state index is -1.45. The molecule has 4 N–H and O–H groups in total. The van der Waals surface area contributed by atoms with Crippen LogP contribution < -0.4 is 0 Å². The molecule has 1 aliphatic heterocycles. The van der Waals surface area contributed by atoms with E-state index in [0.717, 1.165) is 0 Å². The van der Waals surface area contributed by atoms with Gasteiger partial charge >= 0.3 is 0 Å². The average molecular weight is 306 g/mol. The first kappa shape index (κ1) is 15.6. The maximum absolute atomic E-state index is 9.76. The molecule has 0 unspecified atom stereocenters. The van der Waals surface area contributed by atoms with Crippen LogP contribution in [-0.4, -0.2) is 62.7 Å². The highest BCUT2D eigenvalue weighted by molar-refractivity contribution is 6.29. The summed E-state index contributed by atoms with van der Waals surface area (Å²) in [6.07, 6.45) is -4.89. The van der Waals surface area contributed by atoms with E-state index in [1.54, 1.807) is 12.1 Å². The summed E-state index contributed by atoms with van der Waals surface area (Å²) in [5.74, 6) is 0. The van der Waals surface area contributed by atoms with Gasteiger partial charge in [-0.15, -0.1) is 0 Å². The topological polar surface area (TPSA) is 112 Å². The van der Waals surface area contributed by atoms with Crippen LogP contribution in [0.1, 0.15) is 5.56 Å². The summed E-state index contributed by atoms with van der Waals surface area (Å²) in [4.78, 5) is 3.87. The summed E-state index contributed by atoms with van der Waals surface area (Å²) in [5.41, 5.74) is 0.700. The van der Waals surface area contributed by atoms with Crippen molar-refractivity contribution in [1.82, 2.24) is 4.98 Å². The molecule has 1 fully saturated rings. The first-order valence-corrected chi connectivity index (χ1v) is 6.43. The van der Waals surface area contributed by atoms with Crippen LogP contribution in [0.2, 0.25) is 5.15 Å². The van der Waals surface area contributed by atoms with Crippen LogP contribution >= 0.6 is 11.6 Å². The molecule has 20 heavy (non-hydrogen) atoms. The van der Waals surface area contributed by atoms with Gasteiger partial charge in [0.05, 0.1) is 13.2 Å². The van der Waals surface area contributed by atoms with E-state index in [1.165, 1.54) is 6.20 Å². The Kier molecular flexibility index (Phi) is 5.28. The summed E-state index contributed by atoms with van der Waals surface area (Å²) in [5, 5.41) is 38.4. The van der Waals surface area contributed by atoms with Crippen molar-refractivity contribution in [2.24, 2.45) is 0 Å². The van der Waals surface area contributed by atoms with Crippen LogP contribution in [-0.2, 0) is 16.1 Å². The predicted octanol–water partition coefficient (Wildman–Crippen LogP) is -0.949. The number of aromatic nitrogens is 1. The van der Waals surface area contributed by atoms with E-state index in [2.05, 4.69) is 4.98 Å². The van der Waals surface area contributed by atoms with Crippen molar-refractivity contribution in [3.05, 3.63) is 29.0 Å². The zero-order chi connectivity index (χ0) is 14.7. The molecule has 1 aromatic rings. The standard InChI is InChI=1S/C12H16ClNO6/c13-8-2-1-6(3-14-8)5-19-12-11(18)10(17)9(16)7(4-15)20-12/h1-3,7,9-12,15-18H,4-5H2/t7-,9-,10+,11-,12-/m1/s1. The molecular weight excluding hydrogens is 290 g/mol. The number of aliphatic hydroxyl groups excluding tert-OH is 4. The van der Waals surface area contributed by atoms with E-state index in [0.29, 0.717) is 10.7 Å². The van der Waals surface area contributed by atoms with E-state index in [9.17, 15) is 15.3 Å². The predicted molar refractivity (Wildman–Crippen MR) is 67.8 cm³/mol. The number of hydrogen-bond acceptors (Lipinski definition) is 7. The fourth-order valence-electron chi connectivity index (χ4n) is 1.88. The van der Waals surface area contributed by atoms with Crippen LogP contribution in [0.3, 0.4) is 0 Å². The fraction of sp³-hybridized carbons (Fsp3) is 0.583. The Balaban J connectivity index is 1.95. The summed E-state index contributed by atoms with van der Waals surface area (Å²) in [6.45, 7) is -0.417. The minimum absolute atomic E-state index is 0.0762. The van der Waals surface area contributed by atoms with Crippen LogP contribution in [0.15, 0.2) is 18.3 Å². The highest BCUT2D eigenvalue weighted by Gasteiger charge is 2.43. The van der Waals surface area contributed by atoms with Crippen LogP contribution in [0, 0.1) is 0 Å². The van der Waals surface area contributed by atoms with Crippen LogP contribution in [0.25, 0.3) is 0 Å². The van der Waals surface area contributed by atoms with Crippen LogP contribution in [0.4, 0.5) is 0 Å². The Labute approximate surface area is 120 Å². The molecule has 0 amide bonds. The molecule has 1 aromatic heterocycles. The van der Waals surface area contributed by atoms with E-state index < -0.39 is 37.3 Å². The van der Waals surface area contributed by atoms with Gasteiger partial charge in [-0.3, -0.25) is 0 Å². The zero-order valence-electron chi connectivity index (χ0n) is 10.5. The third kappa shape index (κ3) is 3.44. The van der Waals surface area contributed by atoms with Crippen molar-refractivity contribution in [3.63, 3.8) is 0 Å². The van der Waals surface area contributed by atoms with Gasteiger partial charge in [0.25, 0.3) is 0 Å². The second-order valence-electron chi connectivity index (χ2n) is 4.50. The molecular formula is C12H16ClNO6. The second kappa shape index (κ2) is 6.77. The molecule has 0 radical (unpaired) electrons. The molecule has 112 valence electrons. The van der Waals surface area contributed by atoms with Crippen molar-refractivity contribution in [1.29, 1.82) is 0 Å². The third-order valence-corrected chi connectivity index (χ3v) is 3.27. The van der Waals surface area contributed by atoms with E-state index in [-0.39, 0.29) is 6.61 Å². The van der Waals surface area contributed by atoms with Gasteiger partial charge in [-0.2, -0.15) is 0 Å². The number of hydrogen-bond donors (Lipinski definition) is 4. The minimum Gasteiger partial charge on any atom is -0.394 e. The van der Waals surface area contributed by atoms with E-state index >= 15 is 0 Å². The molecule has 5 atom stereocenters. The SMILES string of the molecule is OC[C@H]1O[C@@H](OCc2ccc(Cl)nc2)[C@H](O)[C@@H](O)[C@@H]1O. The Morgan fingerprint density at radius 3 is 2.55 bits per heavy atom. The van der Waals surface area contributed by atoms with Crippen molar-refractivity contribution in [2.75, 3.05) is 6.61 Å². The molecule has 1 aliphatic rings. The lowest BCUT2D eigenvalue weighted by Crippen LogP contribution is -2.59. The second-order valence-corrected chi connectivity index (χ2v) is 4.88. The van der Waals surface area contributed by atoms with Crippen LogP contribution in [0.5, 0.6) is 0 Å². The van der Waals surface area contributed by atoms with Gasteiger partial charge in [0.1, 0.15) is 29.6 Å². The highest BCUT2D eigenvalue weighted by Crippen LogP contribution is 2.22. The third-order valence-electron chi connectivity index (χ3n) is 3.05. The molecule has 0 bridgehead atoms. The summed E-state index contributed by atoms with van der Waals surface area (Å²) >= 11 is 5.65. The van der Waals surface area contributed by atoms with Crippen molar-refractivity contribution >= 4 is 11.6 Å². The van der Waals surface area contributed by atoms with E-state index in [1.807, 2.05) is 0 Å². The quantitative estimate of drug-likeness (QED) is 0.531. The largest absolute Gasteiger partial charge is 0.394 e. The first-order valence-electron chi connectivity index (χ1n) is 6.05. The van der Waals surface area contributed by atoms with Gasteiger partial charge in [-0.1, -0.05) is 17.7 Å². The average Bonchev–Trinajstić information content (AvgIpc) is 2.46. The molecule has 2 heterocycles. The Bertz CT molecular complexity index is 428. The molecule has 1 saturated heterocycles. The fourth-order valence-corrected chi connectivity index (χ4v) is 1.99.